The second kappa shape index (κ2) is 2.85. The summed E-state index contributed by atoms with van der Waals surface area (Å²) in [6.07, 6.45) is 5.62. The van der Waals surface area contributed by atoms with Crippen LogP contribution < -0.4 is 5.73 Å². The average molecular weight is 204 g/mol. The maximum Gasteiger partial charge on any atom is 0.0657 e. The van der Waals surface area contributed by atoms with Crippen LogP contribution in [0.25, 0.3) is 0 Å². The molecule has 4 rings (SSSR count). The molecular formula is C10H18ClNO. The molecule has 0 aliphatic heterocycles. The molecule has 0 spiro atoms. The second-order valence-electron chi connectivity index (χ2n) is 5.27. The smallest absolute Gasteiger partial charge is 0.0657 e. The molecule has 4 saturated carbocycles. The van der Waals surface area contributed by atoms with Gasteiger partial charge in [-0.15, -0.1) is 12.4 Å². The van der Waals surface area contributed by atoms with Crippen LogP contribution in [-0.2, 0) is 0 Å². The fourth-order valence-electron chi connectivity index (χ4n) is 4.02. The molecule has 0 amide bonds. The lowest BCUT2D eigenvalue weighted by Gasteiger charge is -2.57. The molecule has 13 heavy (non-hydrogen) atoms. The Bertz CT molecular complexity index is 205. The summed E-state index contributed by atoms with van der Waals surface area (Å²) in [4.78, 5) is 0. The van der Waals surface area contributed by atoms with Gasteiger partial charge in [0.15, 0.2) is 0 Å². The van der Waals surface area contributed by atoms with Crippen molar-refractivity contribution >= 4 is 12.4 Å². The van der Waals surface area contributed by atoms with Crippen molar-refractivity contribution in [2.24, 2.45) is 23.5 Å². The lowest BCUT2D eigenvalue weighted by Crippen LogP contribution is -2.59. The van der Waals surface area contributed by atoms with Crippen LogP contribution in [0.5, 0.6) is 0 Å². The molecule has 4 bridgehead atoms. The third-order valence-corrected chi connectivity index (χ3v) is 4.31. The Kier molecular flexibility index (Phi) is 2.14. The maximum atomic E-state index is 10.2. The van der Waals surface area contributed by atoms with Gasteiger partial charge in [-0.2, -0.15) is 0 Å². The first kappa shape index (κ1) is 9.75. The molecule has 0 radical (unpaired) electrons. The largest absolute Gasteiger partial charge is 0.390 e. The van der Waals surface area contributed by atoms with Gasteiger partial charge in [0.25, 0.3) is 0 Å². The maximum absolute atomic E-state index is 10.2. The van der Waals surface area contributed by atoms with Crippen molar-refractivity contribution in [3.8, 4) is 0 Å². The van der Waals surface area contributed by atoms with Gasteiger partial charge in [0.1, 0.15) is 0 Å². The lowest BCUT2D eigenvalue weighted by atomic mass is 9.52. The molecule has 2 atom stereocenters. The molecule has 3 N–H and O–H groups in total. The third-order valence-electron chi connectivity index (χ3n) is 4.31. The molecule has 0 saturated heterocycles. The topological polar surface area (TPSA) is 46.2 Å². The van der Waals surface area contributed by atoms with E-state index in [1.807, 2.05) is 0 Å². The first-order chi connectivity index (χ1) is 5.66. The minimum atomic E-state index is -0.299. The Morgan fingerprint density at radius 2 is 1.62 bits per heavy atom. The van der Waals surface area contributed by atoms with Crippen molar-refractivity contribution in [2.45, 2.75) is 43.7 Å². The van der Waals surface area contributed by atoms with Gasteiger partial charge in [-0.25, -0.2) is 0 Å². The van der Waals surface area contributed by atoms with E-state index in [1.165, 1.54) is 12.8 Å². The van der Waals surface area contributed by atoms with Crippen molar-refractivity contribution in [3.05, 3.63) is 0 Å². The van der Waals surface area contributed by atoms with Crippen molar-refractivity contribution < 1.29 is 5.11 Å². The SMILES string of the molecule is Cl.NC1[C@@H]2CC3C[C@@H]1CC(O)(C3)C2. The van der Waals surface area contributed by atoms with E-state index >= 15 is 0 Å². The number of aliphatic hydroxyl groups is 1. The molecule has 0 aromatic rings. The van der Waals surface area contributed by atoms with E-state index in [0.29, 0.717) is 17.9 Å². The molecule has 3 heteroatoms. The van der Waals surface area contributed by atoms with E-state index in [-0.39, 0.29) is 18.0 Å². The first-order valence-corrected chi connectivity index (χ1v) is 5.14. The van der Waals surface area contributed by atoms with Crippen LogP contribution in [0.15, 0.2) is 0 Å². The highest BCUT2D eigenvalue weighted by molar-refractivity contribution is 5.85. The van der Waals surface area contributed by atoms with Crippen LogP contribution in [0.2, 0.25) is 0 Å². The fraction of sp³-hybridized carbons (Fsp3) is 1.00. The van der Waals surface area contributed by atoms with Gasteiger partial charge in [-0.3, -0.25) is 0 Å². The van der Waals surface area contributed by atoms with Gasteiger partial charge in [0.2, 0.25) is 0 Å². The number of nitrogens with two attached hydrogens (primary N) is 1. The summed E-state index contributed by atoms with van der Waals surface area (Å²) in [5.41, 5.74) is 5.82. The normalized spacial score (nSPS) is 57.7. The summed E-state index contributed by atoms with van der Waals surface area (Å²) >= 11 is 0. The highest BCUT2D eigenvalue weighted by Crippen LogP contribution is 2.54. The Morgan fingerprint density at radius 3 is 2.08 bits per heavy atom. The van der Waals surface area contributed by atoms with E-state index in [9.17, 15) is 5.11 Å². The van der Waals surface area contributed by atoms with E-state index in [1.54, 1.807) is 0 Å². The minimum absolute atomic E-state index is 0. The van der Waals surface area contributed by atoms with Gasteiger partial charge in [0.05, 0.1) is 5.60 Å². The molecule has 76 valence electrons. The van der Waals surface area contributed by atoms with Crippen LogP contribution >= 0.6 is 12.4 Å². The van der Waals surface area contributed by atoms with Gasteiger partial charge in [-0.1, -0.05) is 0 Å². The number of hydrogen-bond donors (Lipinski definition) is 2. The molecule has 0 aromatic carbocycles. The van der Waals surface area contributed by atoms with Crippen LogP contribution in [0.1, 0.15) is 32.1 Å². The van der Waals surface area contributed by atoms with Gasteiger partial charge in [-0.05, 0) is 49.9 Å². The zero-order chi connectivity index (χ0) is 8.34. The van der Waals surface area contributed by atoms with Crippen LogP contribution in [0.3, 0.4) is 0 Å². The van der Waals surface area contributed by atoms with E-state index in [4.69, 9.17) is 5.73 Å². The molecule has 0 aromatic heterocycles. The number of halogens is 1. The zero-order valence-corrected chi connectivity index (χ0v) is 8.59. The van der Waals surface area contributed by atoms with E-state index in [2.05, 4.69) is 0 Å². The average Bonchev–Trinajstić information content (AvgIpc) is 1.96. The summed E-state index contributed by atoms with van der Waals surface area (Å²) in [6.45, 7) is 0. The standard InChI is InChI=1S/C10H17NO.ClH/c11-9-7-1-6-2-8(9)5-10(12,3-6)4-7;/h6-9,12H,1-5,11H2;1H/t6?,7-,8-,9?,10?;/m1./s1. The Hall–Kier alpha value is 0.210. The lowest BCUT2D eigenvalue weighted by molar-refractivity contribution is -0.132. The molecular weight excluding hydrogens is 186 g/mol. The molecule has 0 heterocycles. The van der Waals surface area contributed by atoms with Crippen LogP contribution in [-0.4, -0.2) is 16.7 Å². The molecule has 4 fully saturated rings. The number of rotatable bonds is 0. The molecule has 4 aliphatic rings. The van der Waals surface area contributed by atoms with Crippen LogP contribution in [0, 0.1) is 17.8 Å². The summed E-state index contributed by atoms with van der Waals surface area (Å²) in [6, 6.07) is 0.404. The van der Waals surface area contributed by atoms with Crippen molar-refractivity contribution in [1.82, 2.24) is 0 Å². The van der Waals surface area contributed by atoms with Crippen molar-refractivity contribution in [3.63, 3.8) is 0 Å². The summed E-state index contributed by atoms with van der Waals surface area (Å²) < 4.78 is 0. The quantitative estimate of drug-likeness (QED) is 0.624. The first-order valence-electron chi connectivity index (χ1n) is 5.14. The summed E-state index contributed by atoms with van der Waals surface area (Å²) in [5.74, 6) is 2.08. The highest BCUT2D eigenvalue weighted by Gasteiger charge is 2.53. The van der Waals surface area contributed by atoms with Crippen LogP contribution in [0.4, 0.5) is 0 Å². The Balaban J connectivity index is 0.000000653. The zero-order valence-electron chi connectivity index (χ0n) is 7.78. The Labute approximate surface area is 85.3 Å². The minimum Gasteiger partial charge on any atom is -0.390 e. The Morgan fingerprint density at radius 1 is 1.08 bits per heavy atom. The molecule has 2 nitrogen and oxygen atoms in total. The van der Waals surface area contributed by atoms with Crippen molar-refractivity contribution in [1.29, 1.82) is 0 Å². The summed E-state index contributed by atoms with van der Waals surface area (Å²) in [5, 5.41) is 10.2. The van der Waals surface area contributed by atoms with Gasteiger partial charge < -0.3 is 10.8 Å². The molecule has 4 aliphatic carbocycles. The predicted molar refractivity (Wildman–Crippen MR) is 53.7 cm³/mol. The van der Waals surface area contributed by atoms with E-state index in [0.717, 1.165) is 25.2 Å². The second-order valence-corrected chi connectivity index (χ2v) is 5.27. The summed E-state index contributed by atoms with van der Waals surface area (Å²) in [7, 11) is 0. The fourth-order valence-corrected chi connectivity index (χ4v) is 4.02. The number of hydrogen-bond acceptors (Lipinski definition) is 2. The molecule has 0 unspecified atom stereocenters. The third kappa shape index (κ3) is 1.31. The predicted octanol–water partition coefficient (Wildman–Crippen LogP) is 1.31. The van der Waals surface area contributed by atoms with Gasteiger partial charge in [0, 0.05) is 6.04 Å². The van der Waals surface area contributed by atoms with Gasteiger partial charge >= 0.3 is 0 Å². The van der Waals surface area contributed by atoms with E-state index < -0.39 is 0 Å². The monoisotopic (exact) mass is 203 g/mol. The highest BCUT2D eigenvalue weighted by atomic mass is 35.5. The van der Waals surface area contributed by atoms with Crippen molar-refractivity contribution in [2.75, 3.05) is 0 Å².